The van der Waals surface area contributed by atoms with Gasteiger partial charge >= 0.3 is 0 Å². The molecule has 0 saturated heterocycles. The highest BCUT2D eigenvalue weighted by molar-refractivity contribution is 7.91. The lowest BCUT2D eigenvalue weighted by Gasteiger charge is -2.17. The number of unbranched alkanes of at least 4 members (excludes halogenated alkanes) is 1. The molecule has 1 heterocycles. The van der Waals surface area contributed by atoms with Crippen LogP contribution in [0.3, 0.4) is 0 Å². The first kappa shape index (κ1) is 25.8. The number of benzene rings is 3. The largest absolute Gasteiger partial charge is 0.494 e. The van der Waals surface area contributed by atoms with Crippen LogP contribution in [0.25, 0.3) is 0 Å². The molecule has 36 heavy (non-hydrogen) atoms. The van der Waals surface area contributed by atoms with Crippen molar-refractivity contribution >= 4 is 46.1 Å². The second-order valence-electron chi connectivity index (χ2n) is 8.54. The first-order chi connectivity index (χ1) is 17.3. The molecule has 1 amide bonds. The number of thiol groups is 1. The third-order valence-electron chi connectivity index (χ3n) is 5.75. The molecule has 7 nitrogen and oxygen atoms in total. The van der Waals surface area contributed by atoms with E-state index in [0.29, 0.717) is 37.3 Å². The van der Waals surface area contributed by atoms with E-state index in [1.54, 1.807) is 40.4 Å². The smallest absolute Gasteiger partial charge is 0.260 e. The Bertz CT molecular complexity index is 1370. The summed E-state index contributed by atoms with van der Waals surface area (Å²) in [5.41, 5.74) is 3.58. The SMILES string of the molecule is Cc1ccc(S(=O)(=O)COc2ccccc2[N+](S)=CCCCOc2ccc3c(c2)CCC(=O)N3)cc1. The Balaban J connectivity index is 1.30. The summed E-state index contributed by atoms with van der Waals surface area (Å²) < 4.78 is 38.5. The molecule has 1 aliphatic rings. The lowest BCUT2D eigenvalue weighted by molar-refractivity contribution is -0.230. The molecule has 3 aromatic carbocycles. The van der Waals surface area contributed by atoms with Crippen LogP contribution >= 0.6 is 12.8 Å². The summed E-state index contributed by atoms with van der Waals surface area (Å²) in [5, 5.41) is 2.87. The summed E-state index contributed by atoms with van der Waals surface area (Å²) in [5.74, 6) is 0.786. The number of rotatable bonds is 10. The normalized spacial score (nSPS) is 13.6. The highest BCUT2D eigenvalue weighted by Crippen LogP contribution is 2.29. The summed E-state index contributed by atoms with van der Waals surface area (Å²) in [6.45, 7) is 2.43. The number of hydrogen-bond acceptors (Lipinski definition) is 6. The summed E-state index contributed by atoms with van der Waals surface area (Å²) in [4.78, 5) is 11.7. The van der Waals surface area contributed by atoms with Gasteiger partial charge in [0.05, 0.1) is 11.5 Å². The molecule has 0 atom stereocenters. The number of aryl methyl sites for hydroxylation is 2. The van der Waals surface area contributed by atoms with E-state index in [-0.39, 0.29) is 10.8 Å². The standard InChI is InChI=1S/C27H28N2O5S2/c1-20-8-12-23(13-9-20)36(31,32)19-34-26-7-3-2-6-25(26)29(35)16-4-5-17-33-22-11-14-24-21(18-22)10-15-27(30)28-24/h2-3,6-9,11-14,16,18H,4-5,10,15,17,19H2,1H3,(H-,28,30,35)/p+1. The molecule has 9 heteroatoms. The number of carbonyl (C=O) groups excluding carboxylic acids is 1. The fourth-order valence-corrected chi connectivity index (χ4v) is 5.01. The maximum Gasteiger partial charge on any atom is 0.260 e. The highest BCUT2D eigenvalue weighted by atomic mass is 32.2. The number of sulfone groups is 1. The quantitative estimate of drug-likeness (QED) is 0.166. The Morgan fingerprint density at radius 1 is 1.03 bits per heavy atom. The van der Waals surface area contributed by atoms with E-state index < -0.39 is 15.8 Å². The van der Waals surface area contributed by atoms with Gasteiger partial charge in [-0.3, -0.25) is 4.79 Å². The van der Waals surface area contributed by atoms with Crippen LogP contribution in [-0.4, -0.2) is 37.1 Å². The van der Waals surface area contributed by atoms with Crippen LogP contribution in [0.1, 0.15) is 30.4 Å². The minimum atomic E-state index is -3.59. The Morgan fingerprint density at radius 2 is 1.81 bits per heavy atom. The Labute approximate surface area is 217 Å². The van der Waals surface area contributed by atoms with E-state index >= 15 is 0 Å². The molecule has 1 N–H and O–H groups in total. The van der Waals surface area contributed by atoms with Crippen LogP contribution in [0, 0.1) is 6.92 Å². The van der Waals surface area contributed by atoms with Crippen molar-refractivity contribution in [2.75, 3.05) is 17.9 Å². The van der Waals surface area contributed by atoms with Crippen LogP contribution in [0.4, 0.5) is 11.4 Å². The van der Waals surface area contributed by atoms with Crippen LogP contribution < -0.4 is 14.8 Å². The summed E-state index contributed by atoms with van der Waals surface area (Å²) >= 11 is 4.54. The number of fused-ring (bicyclic) bond motifs is 1. The summed E-state index contributed by atoms with van der Waals surface area (Å²) in [6.07, 6.45) is 4.56. The number of ether oxygens (including phenoxy) is 2. The lowest BCUT2D eigenvalue weighted by atomic mass is 10.0. The van der Waals surface area contributed by atoms with Gasteiger partial charge in [0.15, 0.2) is 17.9 Å². The van der Waals surface area contributed by atoms with Crippen molar-refractivity contribution in [3.05, 3.63) is 77.9 Å². The van der Waals surface area contributed by atoms with Gasteiger partial charge in [0.2, 0.25) is 15.7 Å². The van der Waals surface area contributed by atoms with Crippen molar-refractivity contribution in [3.8, 4) is 11.5 Å². The van der Waals surface area contributed by atoms with E-state index in [1.807, 2.05) is 43.5 Å². The molecule has 0 fully saturated rings. The van der Waals surface area contributed by atoms with Gasteiger partial charge in [-0.1, -0.05) is 29.8 Å². The van der Waals surface area contributed by atoms with E-state index in [2.05, 4.69) is 18.1 Å². The first-order valence-corrected chi connectivity index (χ1v) is 13.8. The molecule has 3 aromatic rings. The predicted molar refractivity (Wildman–Crippen MR) is 143 cm³/mol. The average molecular weight is 526 g/mol. The van der Waals surface area contributed by atoms with Crippen LogP contribution in [0.15, 0.2) is 71.6 Å². The number of nitrogens with zero attached hydrogens (tertiary/aromatic N) is 1. The summed E-state index contributed by atoms with van der Waals surface area (Å²) in [7, 11) is -3.59. The fourth-order valence-electron chi connectivity index (χ4n) is 3.76. The van der Waals surface area contributed by atoms with Gasteiger partial charge in [-0.2, -0.15) is 0 Å². The third-order valence-corrected chi connectivity index (χ3v) is 7.55. The molecule has 0 bridgehead atoms. The number of anilines is 1. The molecule has 0 aromatic heterocycles. The maximum atomic E-state index is 12.7. The zero-order valence-corrected chi connectivity index (χ0v) is 21.7. The molecule has 0 radical (unpaired) electrons. The molecule has 4 rings (SSSR count). The zero-order valence-electron chi connectivity index (χ0n) is 20.0. The Hall–Kier alpha value is -3.30. The first-order valence-electron chi connectivity index (χ1n) is 11.7. The van der Waals surface area contributed by atoms with E-state index in [1.165, 1.54) is 0 Å². The maximum absolute atomic E-state index is 12.7. The van der Waals surface area contributed by atoms with Crippen molar-refractivity contribution in [1.29, 1.82) is 0 Å². The van der Waals surface area contributed by atoms with Crippen LogP contribution in [-0.2, 0) is 21.1 Å². The predicted octanol–water partition coefficient (Wildman–Crippen LogP) is 5.11. The van der Waals surface area contributed by atoms with Crippen molar-refractivity contribution < 1.29 is 26.7 Å². The molecule has 188 valence electrons. The van der Waals surface area contributed by atoms with Gasteiger partial charge in [0.25, 0.3) is 5.69 Å². The lowest BCUT2D eigenvalue weighted by Crippen LogP contribution is -2.18. The fraction of sp³-hybridized carbons (Fsp3) is 0.259. The molecule has 0 spiro atoms. The second-order valence-corrected chi connectivity index (χ2v) is 10.9. The molecule has 0 unspecified atom stereocenters. The monoisotopic (exact) mass is 525 g/mol. The molecule has 0 aliphatic carbocycles. The van der Waals surface area contributed by atoms with E-state index in [0.717, 1.165) is 29.0 Å². The van der Waals surface area contributed by atoms with E-state index in [4.69, 9.17) is 9.47 Å². The molecular formula is C27H29N2O5S2+. The number of nitrogens with one attached hydrogen (secondary N) is 1. The van der Waals surface area contributed by atoms with Crippen molar-refractivity contribution in [3.63, 3.8) is 0 Å². The van der Waals surface area contributed by atoms with Gasteiger partial charge in [-0.25, -0.2) is 8.42 Å². The summed E-state index contributed by atoms with van der Waals surface area (Å²) in [6, 6.07) is 19.6. The molecule has 0 saturated carbocycles. The Kier molecular flexibility index (Phi) is 8.32. The molecular weight excluding hydrogens is 496 g/mol. The highest BCUT2D eigenvalue weighted by Gasteiger charge is 2.19. The average Bonchev–Trinajstić information content (AvgIpc) is 2.87. The van der Waals surface area contributed by atoms with Gasteiger partial charge < -0.3 is 14.8 Å². The molecule has 1 aliphatic heterocycles. The van der Waals surface area contributed by atoms with Gasteiger partial charge in [0.1, 0.15) is 18.6 Å². The third kappa shape index (κ3) is 6.67. The van der Waals surface area contributed by atoms with Crippen molar-refractivity contribution in [2.45, 2.75) is 37.5 Å². The second kappa shape index (κ2) is 11.6. The number of carbonyl (C=O) groups is 1. The minimum Gasteiger partial charge on any atom is -0.494 e. The zero-order chi connectivity index (χ0) is 25.5. The minimum absolute atomic E-state index is 0.0443. The van der Waals surface area contributed by atoms with Crippen LogP contribution in [0.2, 0.25) is 0 Å². The van der Waals surface area contributed by atoms with Crippen LogP contribution in [0.5, 0.6) is 11.5 Å². The van der Waals surface area contributed by atoms with Gasteiger partial charge in [-0.15, -0.1) is 3.98 Å². The topological polar surface area (TPSA) is 84.7 Å². The van der Waals surface area contributed by atoms with Gasteiger partial charge in [0, 0.05) is 24.6 Å². The number of hydrogen-bond donors (Lipinski definition) is 2. The van der Waals surface area contributed by atoms with Crippen molar-refractivity contribution in [2.24, 2.45) is 0 Å². The van der Waals surface area contributed by atoms with Gasteiger partial charge in [-0.05, 0) is 61.7 Å². The Morgan fingerprint density at radius 3 is 2.61 bits per heavy atom. The number of amides is 1. The van der Waals surface area contributed by atoms with Crippen molar-refractivity contribution in [1.82, 2.24) is 0 Å². The van der Waals surface area contributed by atoms with E-state index in [9.17, 15) is 13.2 Å². The number of para-hydroxylation sites is 2.